The Morgan fingerprint density at radius 3 is 2.33 bits per heavy atom. The molecule has 1 aromatic carbocycles. The van der Waals surface area contributed by atoms with Crippen molar-refractivity contribution in [1.29, 1.82) is 0 Å². The summed E-state index contributed by atoms with van der Waals surface area (Å²) in [5.74, 6) is -0.751. The maximum atomic E-state index is 12.5. The van der Waals surface area contributed by atoms with E-state index in [0.717, 1.165) is 16.6 Å². The monoisotopic (exact) mass is 330 g/mol. The van der Waals surface area contributed by atoms with E-state index in [-0.39, 0.29) is 10.7 Å². The van der Waals surface area contributed by atoms with Crippen LogP contribution in [0.1, 0.15) is 11.4 Å². The van der Waals surface area contributed by atoms with Crippen molar-refractivity contribution in [1.82, 2.24) is 8.96 Å². The highest BCUT2D eigenvalue weighted by atomic mass is 32.2. The average Bonchev–Trinajstić information content (AvgIpc) is 2.87. The average molecular weight is 330 g/mol. The molecule has 2 aromatic rings. The highest BCUT2D eigenvalue weighted by Gasteiger charge is 2.23. The van der Waals surface area contributed by atoms with Crippen molar-refractivity contribution >= 4 is 20.1 Å². The summed E-state index contributed by atoms with van der Waals surface area (Å²) in [6.45, 7) is 1.84. The molecule has 1 aromatic heterocycles. The van der Waals surface area contributed by atoms with Gasteiger partial charge in [-0.25, -0.2) is 17.4 Å². The molecule has 0 aliphatic carbocycles. The topological polar surface area (TPSA) is 95.3 Å². The molecular formula is C12H14N2O5S2. The summed E-state index contributed by atoms with van der Waals surface area (Å²) in [5, 5.41) is 0. The van der Waals surface area contributed by atoms with E-state index in [0.29, 0.717) is 0 Å². The van der Waals surface area contributed by atoms with Crippen LogP contribution < -0.4 is 0 Å². The molecule has 9 heteroatoms. The second kappa shape index (κ2) is 5.58. The van der Waals surface area contributed by atoms with Crippen LogP contribution >= 0.6 is 0 Å². The number of aromatic nitrogens is 2. The molecule has 0 spiro atoms. The Balaban J connectivity index is 2.47. The van der Waals surface area contributed by atoms with Crippen LogP contribution in [0.2, 0.25) is 0 Å². The van der Waals surface area contributed by atoms with Crippen LogP contribution in [0.3, 0.4) is 0 Å². The molecule has 0 aliphatic rings. The van der Waals surface area contributed by atoms with Gasteiger partial charge in [0.2, 0.25) is 0 Å². The minimum Gasteiger partial charge on any atom is -0.273 e. The van der Waals surface area contributed by atoms with E-state index in [1.807, 2.05) is 6.92 Å². The first kappa shape index (κ1) is 15.7. The Labute approximate surface area is 123 Å². The number of imidazole rings is 1. The molecule has 0 saturated heterocycles. The summed E-state index contributed by atoms with van der Waals surface area (Å²) in [7, 11) is -6.74. The van der Waals surface area contributed by atoms with Crippen molar-refractivity contribution in [2.24, 2.45) is 0 Å². The lowest BCUT2D eigenvalue weighted by Crippen LogP contribution is -2.18. The maximum Gasteiger partial charge on any atom is 0.274 e. The molecule has 21 heavy (non-hydrogen) atoms. The third kappa shape index (κ3) is 3.31. The molecule has 0 atom stereocenters. The summed E-state index contributed by atoms with van der Waals surface area (Å²) in [6.07, 6.45) is 2.43. The SMILES string of the molecule is COS(=O)(=O)Cc1nccn1S(=O)(=O)c1ccc(C)cc1. The van der Waals surface area contributed by atoms with Crippen molar-refractivity contribution in [3.05, 3.63) is 48.0 Å². The Hall–Kier alpha value is -1.71. The zero-order valence-corrected chi connectivity index (χ0v) is 13.1. The molecule has 2 rings (SSSR count). The summed E-state index contributed by atoms with van der Waals surface area (Å²) in [6, 6.07) is 6.24. The lowest BCUT2D eigenvalue weighted by atomic mass is 10.2. The predicted molar refractivity (Wildman–Crippen MR) is 75.6 cm³/mol. The normalized spacial score (nSPS) is 12.5. The van der Waals surface area contributed by atoms with Gasteiger partial charge in [-0.05, 0) is 19.1 Å². The van der Waals surface area contributed by atoms with E-state index in [2.05, 4.69) is 9.17 Å². The Morgan fingerprint density at radius 2 is 1.76 bits per heavy atom. The first-order valence-corrected chi connectivity index (χ1v) is 8.91. The highest BCUT2D eigenvalue weighted by molar-refractivity contribution is 7.90. The van der Waals surface area contributed by atoms with Crippen molar-refractivity contribution in [3.8, 4) is 0 Å². The molecule has 7 nitrogen and oxygen atoms in total. The minimum absolute atomic E-state index is 0.0576. The number of hydrogen-bond donors (Lipinski definition) is 0. The lowest BCUT2D eigenvalue weighted by molar-refractivity contribution is 0.396. The van der Waals surface area contributed by atoms with Crippen LogP contribution in [0.4, 0.5) is 0 Å². The molecule has 0 saturated carbocycles. The van der Waals surface area contributed by atoms with E-state index in [4.69, 9.17) is 0 Å². The zero-order valence-electron chi connectivity index (χ0n) is 11.4. The van der Waals surface area contributed by atoms with E-state index in [9.17, 15) is 16.8 Å². The van der Waals surface area contributed by atoms with Gasteiger partial charge in [0.1, 0.15) is 11.6 Å². The summed E-state index contributed by atoms with van der Waals surface area (Å²) in [4.78, 5) is 3.84. The second-order valence-electron chi connectivity index (χ2n) is 4.33. The van der Waals surface area contributed by atoms with Crippen LogP contribution in [-0.4, -0.2) is 32.9 Å². The summed E-state index contributed by atoms with van der Waals surface area (Å²) in [5.41, 5.74) is 0.918. The van der Waals surface area contributed by atoms with E-state index >= 15 is 0 Å². The Bertz CT molecular complexity index is 836. The fourth-order valence-corrected chi connectivity index (χ4v) is 3.72. The number of nitrogens with zero attached hydrogens (tertiary/aromatic N) is 2. The molecule has 0 fully saturated rings. The smallest absolute Gasteiger partial charge is 0.273 e. The van der Waals surface area contributed by atoms with Crippen LogP contribution in [0, 0.1) is 6.92 Å². The number of rotatable bonds is 5. The van der Waals surface area contributed by atoms with Gasteiger partial charge in [0.05, 0.1) is 12.0 Å². The van der Waals surface area contributed by atoms with E-state index < -0.39 is 25.9 Å². The van der Waals surface area contributed by atoms with Gasteiger partial charge in [0.15, 0.2) is 0 Å². The minimum atomic E-state index is -3.89. The van der Waals surface area contributed by atoms with Gasteiger partial charge >= 0.3 is 0 Å². The van der Waals surface area contributed by atoms with Gasteiger partial charge in [-0.3, -0.25) is 4.18 Å². The first-order valence-electron chi connectivity index (χ1n) is 5.89. The first-order chi connectivity index (χ1) is 9.76. The molecule has 0 aliphatic heterocycles. The van der Waals surface area contributed by atoms with Gasteiger partial charge in [-0.15, -0.1) is 0 Å². The fraction of sp³-hybridized carbons (Fsp3) is 0.250. The number of benzene rings is 1. The summed E-state index contributed by atoms with van der Waals surface area (Å²) >= 11 is 0. The molecular weight excluding hydrogens is 316 g/mol. The van der Waals surface area contributed by atoms with Crippen LogP contribution in [0.25, 0.3) is 0 Å². The van der Waals surface area contributed by atoms with Gasteiger partial charge < -0.3 is 0 Å². The molecule has 1 heterocycles. The van der Waals surface area contributed by atoms with E-state index in [1.165, 1.54) is 24.5 Å². The second-order valence-corrected chi connectivity index (χ2v) is 7.88. The third-order valence-corrected chi connectivity index (χ3v) is 5.66. The maximum absolute atomic E-state index is 12.5. The molecule has 0 radical (unpaired) electrons. The highest BCUT2D eigenvalue weighted by Crippen LogP contribution is 2.17. The van der Waals surface area contributed by atoms with Gasteiger partial charge in [0.25, 0.3) is 20.1 Å². The van der Waals surface area contributed by atoms with Crippen molar-refractivity contribution < 1.29 is 21.0 Å². The predicted octanol–water partition coefficient (Wildman–Crippen LogP) is 0.905. The number of hydrogen-bond acceptors (Lipinski definition) is 6. The zero-order chi connectivity index (χ0) is 15.7. The molecule has 0 bridgehead atoms. The van der Waals surface area contributed by atoms with E-state index in [1.54, 1.807) is 12.1 Å². The largest absolute Gasteiger partial charge is 0.274 e. The van der Waals surface area contributed by atoms with Crippen LogP contribution in [0.5, 0.6) is 0 Å². The standard InChI is InChI=1S/C12H14N2O5S2/c1-10-3-5-11(6-4-10)21(17,18)14-8-7-13-12(14)9-20(15,16)19-2/h3-8H,9H2,1-2H3. The van der Waals surface area contributed by atoms with Gasteiger partial charge in [-0.1, -0.05) is 17.7 Å². The van der Waals surface area contributed by atoms with Gasteiger partial charge in [-0.2, -0.15) is 8.42 Å². The Kier molecular flexibility index (Phi) is 4.17. The van der Waals surface area contributed by atoms with Crippen LogP contribution in [-0.2, 0) is 30.1 Å². The van der Waals surface area contributed by atoms with Gasteiger partial charge in [0, 0.05) is 12.4 Å². The quantitative estimate of drug-likeness (QED) is 0.756. The van der Waals surface area contributed by atoms with Crippen molar-refractivity contribution in [2.45, 2.75) is 17.6 Å². The fourth-order valence-electron chi connectivity index (χ4n) is 1.68. The van der Waals surface area contributed by atoms with Crippen LogP contribution in [0.15, 0.2) is 41.6 Å². The molecule has 114 valence electrons. The van der Waals surface area contributed by atoms with Crippen molar-refractivity contribution in [3.63, 3.8) is 0 Å². The lowest BCUT2D eigenvalue weighted by Gasteiger charge is -2.09. The molecule has 0 N–H and O–H groups in total. The molecule has 0 unspecified atom stereocenters. The summed E-state index contributed by atoms with van der Waals surface area (Å²) < 4.78 is 53.1. The number of aryl methyl sites for hydroxylation is 1. The third-order valence-electron chi connectivity index (χ3n) is 2.82. The molecule has 0 amide bonds. The Morgan fingerprint density at radius 1 is 1.14 bits per heavy atom. The van der Waals surface area contributed by atoms with Crippen molar-refractivity contribution in [2.75, 3.05) is 7.11 Å².